The highest BCUT2D eigenvalue weighted by Crippen LogP contribution is 2.30. The van der Waals surface area contributed by atoms with Crippen molar-refractivity contribution < 1.29 is 9.47 Å². The van der Waals surface area contributed by atoms with Gasteiger partial charge in [-0.05, 0) is 43.9 Å². The highest BCUT2D eigenvalue weighted by molar-refractivity contribution is 9.10. The summed E-state index contributed by atoms with van der Waals surface area (Å²) in [4.78, 5) is 3.29. The summed E-state index contributed by atoms with van der Waals surface area (Å²) in [6.07, 6.45) is 5.27. The van der Waals surface area contributed by atoms with Crippen molar-refractivity contribution in [2.75, 3.05) is 6.61 Å². The Labute approximate surface area is 121 Å². The zero-order chi connectivity index (χ0) is 13.2. The first-order valence-corrected chi connectivity index (χ1v) is 7.53. The van der Waals surface area contributed by atoms with Gasteiger partial charge in [0.25, 0.3) is 0 Å². The Morgan fingerprint density at radius 3 is 3.16 bits per heavy atom. The van der Waals surface area contributed by atoms with Crippen molar-refractivity contribution in [3.8, 4) is 0 Å². The Morgan fingerprint density at radius 1 is 1.47 bits per heavy atom. The summed E-state index contributed by atoms with van der Waals surface area (Å²) in [5.41, 5.74) is 3.62. The number of hydrogen-bond donors (Lipinski definition) is 1. The van der Waals surface area contributed by atoms with Gasteiger partial charge in [-0.25, -0.2) is 0 Å². The molecule has 3 nitrogen and oxygen atoms in total. The van der Waals surface area contributed by atoms with E-state index in [-0.39, 0.29) is 6.29 Å². The number of hydrogen-bond acceptors (Lipinski definition) is 2. The number of halogens is 1. The van der Waals surface area contributed by atoms with E-state index >= 15 is 0 Å². The van der Waals surface area contributed by atoms with Gasteiger partial charge in [0.2, 0.25) is 0 Å². The quantitative estimate of drug-likeness (QED) is 0.914. The molecule has 2 heterocycles. The number of ether oxygens (including phenoxy) is 2. The number of fused-ring (bicyclic) bond motifs is 1. The molecular formula is C15H18BrNO2. The van der Waals surface area contributed by atoms with Gasteiger partial charge in [-0.1, -0.05) is 15.9 Å². The second-order valence-electron chi connectivity index (χ2n) is 5.03. The van der Waals surface area contributed by atoms with Crippen LogP contribution in [0, 0.1) is 6.92 Å². The summed E-state index contributed by atoms with van der Waals surface area (Å²) in [7, 11) is 0. The van der Waals surface area contributed by atoms with E-state index in [2.05, 4.69) is 40.0 Å². The first-order chi connectivity index (χ1) is 9.25. The number of benzene rings is 1. The van der Waals surface area contributed by atoms with E-state index in [1.807, 2.05) is 6.20 Å². The number of aromatic amines is 1. The lowest BCUT2D eigenvalue weighted by Gasteiger charge is -2.23. The van der Waals surface area contributed by atoms with Crippen LogP contribution in [0.1, 0.15) is 30.4 Å². The van der Waals surface area contributed by atoms with Crippen molar-refractivity contribution in [1.29, 1.82) is 0 Å². The minimum atomic E-state index is -0.0454. The second kappa shape index (κ2) is 5.65. The Morgan fingerprint density at radius 2 is 2.37 bits per heavy atom. The van der Waals surface area contributed by atoms with Crippen molar-refractivity contribution in [3.63, 3.8) is 0 Å². The number of H-pyrrole nitrogens is 1. The van der Waals surface area contributed by atoms with Crippen LogP contribution in [0.5, 0.6) is 0 Å². The summed E-state index contributed by atoms with van der Waals surface area (Å²) in [5.74, 6) is 0. The van der Waals surface area contributed by atoms with E-state index in [9.17, 15) is 0 Å². The number of aryl methyl sites for hydroxylation is 1. The van der Waals surface area contributed by atoms with Gasteiger partial charge in [0.05, 0.1) is 6.61 Å². The molecule has 0 spiro atoms. The summed E-state index contributed by atoms with van der Waals surface area (Å²) >= 11 is 3.64. The van der Waals surface area contributed by atoms with E-state index in [0.717, 1.165) is 23.9 Å². The van der Waals surface area contributed by atoms with Crippen molar-refractivity contribution in [2.45, 2.75) is 39.1 Å². The summed E-state index contributed by atoms with van der Waals surface area (Å²) in [5, 5.41) is 1.22. The average Bonchev–Trinajstić information content (AvgIpc) is 2.89. The predicted octanol–water partition coefficient (Wildman–Crippen LogP) is 4.28. The van der Waals surface area contributed by atoms with Gasteiger partial charge < -0.3 is 14.5 Å². The first-order valence-electron chi connectivity index (χ1n) is 6.74. The Hall–Kier alpha value is -0.840. The minimum Gasteiger partial charge on any atom is -0.361 e. The molecule has 1 N–H and O–H groups in total. The molecule has 102 valence electrons. The van der Waals surface area contributed by atoms with Crippen LogP contribution < -0.4 is 0 Å². The minimum absolute atomic E-state index is 0.0454. The molecule has 1 atom stereocenters. The molecule has 0 amide bonds. The molecular weight excluding hydrogens is 306 g/mol. The van der Waals surface area contributed by atoms with Crippen LogP contribution in [0.25, 0.3) is 10.9 Å². The van der Waals surface area contributed by atoms with Crippen LogP contribution in [0.4, 0.5) is 0 Å². The van der Waals surface area contributed by atoms with Crippen molar-refractivity contribution in [2.24, 2.45) is 0 Å². The Balaban J connectivity index is 1.81. The van der Waals surface area contributed by atoms with Crippen molar-refractivity contribution in [3.05, 3.63) is 33.9 Å². The zero-order valence-corrected chi connectivity index (χ0v) is 12.6. The normalized spacial score (nSPS) is 20.0. The molecule has 3 rings (SSSR count). The van der Waals surface area contributed by atoms with Crippen LogP contribution in [-0.2, 0) is 16.1 Å². The molecule has 1 aromatic carbocycles. The van der Waals surface area contributed by atoms with Gasteiger partial charge in [0, 0.05) is 33.7 Å². The fourth-order valence-electron chi connectivity index (χ4n) is 2.59. The molecule has 0 radical (unpaired) electrons. The van der Waals surface area contributed by atoms with Gasteiger partial charge in [0.15, 0.2) is 6.29 Å². The molecule has 1 fully saturated rings. The van der Waals surface area contributed by atoms with E-state index in [0.29, 0.717) is 6.61 Å². The molecule has 19 heavy (non-hydrogen) atoms. The van der Waals surface area contributed by atoms with Crippen LogP contribution in [0.2, 0.25) is 0 Å². The SMILES string of the molecule is Cc1cc(Br)c(COC2CCCCO2)c2cc[nH]c12. The van der Waals surface area contributed by atoms with E-state index in [1.165, 1.54) is 28.5 Å². The molecule has 0 saturated carbocycles. The summed E-state index contributed by atoms with van der Waals surface area (Å²) in [6, 6.07) is 4.24. The third-order valence-electron chi connectivity index (χ3n) is 3.65. The molecule has 1 aliphatic rings. The lowest BCUT2D eigenvalue weighted by Crippen LogP contribution is -2.22. The van der Waals surface area contributed by atoms with Gasteiger partial charge >= 0.3 is 0 Å². The van der Waals surface area contributed by atoms with Gasteiger partial charge in [0.1, 0.15) is 0 Å². The zero-order valence-electron chi connectivity index (χ0n) is 11.0. The van der Waals surface area contributed by atoms with E-state index in [1.54, 1.807) is 0 Å². The lowest BCUT2D eigenvalue weighted by atomic mass is 10.1. The molecule has 2 aromatic rings. The van der Waals surface area contributed by atoms with E-state index in [4.69, 9.17) is 9.47 Å². The second-order valence-corrected chi connectivity index (χ2v) is 5.88. The molecule has 1 aliphatic heterocycles. The van der Waals surface area contributed by atoms with Crippen LogP contribution >= 0.6 is 15.9 Å². The summed E-state index contributed by atoms with van der Waals surface area (Å²) in [6.45, 7) is 3.51. The van der Waals surface area contributed by atoms with Crippen LogP contribution in [0.3, 0.4) is 0 Å². The van der Waals surface area contributed by atoms with Crippen molar-refractivity contribution in [1.82, 2.24) is 4.98 Å². The Kier molecular flexibility index (Phi) is 3.91. The third-order valence-corrected chi connectivity index (χ3v) is 4.36. The molecule has 1 saturated heterocycles. The topological polar surface area (TPSA) is 34.2 Å². The maximum atomic E-state index is 5.90. The lowest BCUT2D eigenvalue weighted by molar-refractivity contribution is -0.168. The monoisotopic (exact) mass is 323 g/mol. The third kappa shape index (κ3) is 2.71. The highest BCUT2D eigenvalue weighted by Gasteiger charge is 2.16. The number of aromatic nitrogens is 1. The number of nitrogens with one attached hydrogen (secondary N) is 1. The number of rotatable bonds is 3. The molecule has 1 unspecified atom stereocenters. The van der Waals surface area contributed by atoms with Gasteiger partial charge in [-0.15, -0.1) is 0 Å². The molecule has 0 bridgehead atoms. The molecule has 4 heteroatoms. The smallest absolute Gasteiger partial charge is 0.158 e. The first kappa shape index (κ1) is 13.2. The van der Waals surface area contributed by atoms with Crippen LogP contribution in [0.15, 0.2) is 22.8 Å². The van der Waals surface area contributed by atoms with Gasteiger partial charge in [-0.2, -0.15) is 0 Å². The fraction of sp³-hybridized carbons (Fsp3) is 0.467. The predicted molar refractivity (Wildman–Crippen MR) is 79.1 cm³/mol. The van der Waals surface area contributed by atoms with Crippen molar-refractivity contribution >= 4 is 26.8 Å². The molecule has 1 aromatic heterocycles. The summed E-state index contributed by atoms with van der Waals surface area (Å²) < 4.78 is 12.6. The highest BCUT2D eigenvalue weighted by atomic mass is 79.9. The van der Waals surface area contributed by atoms with E-state index < -0.39 is 0 Å². The standard InChI is InChI=1S/C15H18BrNO2/c1-10-8-13(16)12(11-5-6-17-15(10)11)9-19-14-4-2-3-7-18-14/h5-6,8,14,17H,2-4,7,9H2,1H3. The molecule has 0 aliphatic carbocycles. The Bertz CT molecular complexity index is 573. The fourth-order valence-corrected chi connectivity index (χ4v) is 3.26. The van der Waals surface area contributed by atoms with Gasteiger partial charge in [-0.3, -0.25) is 0 Å². The maximum Gasteiger partial charge on any atom is 0.158 e. The largest absolute Gasteiger partial charge is 0.361 e. The average molecular weight is 324 g/mol. The maximum absolute atomic E-state index is 5.90. The van der Waals surface area contributed by atoms with Crippen LogP contribution in [-0.4, -0.2) is 17.9 Å².